The van der Waals surface area contributed by atoms with E-state index in [1.807, 2.05) is 18.2 Å². The Bertz CT molecular complexity index is 458. The summed E-state index contributed by atoms with van der Waals surface area (Å²) in [6, 6.07) is 7.32. The second-order valence-corrected chi connectivity index (χ2v) is 4.56. The van der Waals surface area contributed by atoms with E-state index in [-0.39, 0.29) is 6.61 Å². The van der Waals surface area contributed by atoms with Crippen LogP contribution in [-0.2, 0) is 6.61 Å². The van der Waals surface area contributed by atoms with Gasteiger partial charge >= 0.3 is 0 Å². The van der Waals surface area contributed by atoms with Crippen molar-refractivity contribution in [3.63, 3.8) is 0 Å². The van der Waals surface area contributed by atoms with Crippen molar-refractivity contribution < 1.29 is 5.11 Å². The van der Waals surface area contributed by atoms with Gasteiger partial charge in [0.15, 0.2) is 0 Å². The van der Waals surface area contributed by atoms with Crippen molar-refractivity contribution in [3.05, 3.63) is 47.2 Å². The van der Waals surface area contributed by atoms with Gasteiger partial charge in [0, 0.05) is 12.4 Å². The standard InChI is InChI=1S/C11H9ClN2OS/c12-9-2-4-11(14-6-9)16-10-3-1-8(7-15)5-13-10/h1-6,15H,7H2. The van der Waals surface area contributed by atoms with Crippen LogP contribution >= 0.6 is 23.4 Å². The molecular formula is C11H9ClN2OS. The Morgan fingerprint density at radius 1 is 1.06 bits per heavy atom. The van der Waals surface area contributed by atoms with Crippen LogP contribution < -0.4 is 0 Å². The van der Waals surface area contributed by atoms with Crippen LogP contribution in [0.4, 0.5) is 0 Å². The number of hydrogen-bond acceptors (Lipinski definition) is 4. The van der Waals surface area contributed by atoms with Gasteiger partial charge < -0.3 is 5.11 Å². The van der Waals surface area contributed by atoms with Crippen LogP contribution in [0, 0.1) is 0 Å². The maximum absolute atomic E-state index is 8.87. The minimum atomic E-state index is 0.0111. The lowest BCUT2D eigenvalue weighted by Crippen LogP contribution is -1.86. The molecule has 5 heteroatoms. The monoisotopic (exact) mass is 252 g/mol. The topological polar surface area (TPSA) is 46.0 Å². The third-order valence-electron chi connectivity index (χ3n) is 1.89. The molecule has 0 fully saturated rings. The zero-order valence-electron chi connectivity index (χ0n) is 8.30. The summed E-state index contributed by atoms with van der Waals surface area (Å²) in [5.41, 5.74) is 0.799. The quantitative estimate of drug-likeness (QED) is 0.913. The van der Waals surface area contributed by atoms with Crippen LogP contribution in [0.3, 0.4) is 0 Å². The largest absolute Gasteiger partial charge is 0.392 e. The van der Waals surface area contributed by atoms with E-state index < -0.39 is 0 Å². The van der Waals surface area contributed by atoms with E-state index in [9.17, 15) is 0 Å². The first-order valence-corrected chi connectivity index (χ1v) is 5.82. The van der Waals surface area contributed by atoms with Gasteiger partial charge in [0.25, 0.3) is 0 Å². The van der Waals surface area contributed by atoms with Gasteiger partial charge in [-0.3, -0.25) is 0 Å². The van der Waals surface area contributed by atoms with E-state index in [1.54, 1.807) is 18.5 Å². The van der Waals surface area contributed by atoms with Crippen molar-refractivity contribution in [1.82, 2.24) is 9.97 Å². The van der Waals surface area contributed by atoms with Crippen molar-refractivity contribution in [2.24, 2.45) is 0 Å². The van der Waals surface area contributed by atoms with E-state index >= 15 is 0 Å². The summed E-state index contributed by atoms with van der Waals surface area (Å²) in [5.74, 6) is 0. The molecule has 2 rings (SSSR count). The first-order chi connectivity index (χ1) is 7.78. The van der Waals surface area contributed by atoms with Crippen molar-refractivity contribution in [2.45, 2.75) is 16.7 Å². The highest BCUT2D eigenvalue weighted by Crippen LogP contribution is 2.24. The Balaban J connectivity index is 2.11. The first-order valence-electron chi connectivity index (χ1n) is 4.63. The molecule has 16 heavy (non-hydrogen) atoms. The van der Waals surface area contributed by atoms with Gasteiger partial charge in [-0.25, -0.2) is 9.97 Å². The van der Waals surface area contributed by atoms with E-state index in [2.05, 4.69) is 9.97 Å². The van der Waals surface area contributed by atoms with E-state index in [0.29, 0.717) is 5.02 Å². The first kappa shape index (κ1) is 11.4. The molecule has 1 N–H and O–H groups in total. The molecule has 0 aliphatic rings. The number of aromatic nitrogens is 2. The smallest absolute Gasteiger partial charge is 0.102 e. The Labute approximate surface area is 103 Å². The molecule has 2 aromatic rings. The summed E-state index contributed by atoms with van der Waals surface area (Å²) < 4.78 is 0. The zero-order valence-corrected chi connectivity index (χ0v) is 9.87. The molecule has 82 valence electrons. The van der Waals surface area contributed by atoms with E-state index in [4.69, 9.17) is 16.7 Å². The highest BCUT2D eigenvalue weighted by molar-refractivity contribution is 7.99. The van der Waals surface area contributed by atoms with Gasteiger partial charge in [-0.2, -0.15) is 0 Å². The summed E-state index contributed by atoms with van der Waals surface area (Å²) in [6.45, 7) is 0.0111. The number of aliphatic hydroxyl groups excluding tert-OH is 1. The predicted octanol–water partition coefficient (Wildman–Crippen LogP) is 2.77. The lowest BCUT2D eigenvalue weighted by Gasteiger charge is -2.01. The predicted molar refractivity (Wildman–Crippen MR) is 63.5 cm³/mol. The van der Waals surface area contributed by atoms with Gasteiger partial charge in [0.1, 0.15) is 10.1 Å². The second kappa shape index (κ2) is 5.30. The lowest BCUT2D eigenvalue weighted by molar-refractivity contribution is 0.281. The molecule has 0 unspecified atom stereocenters. The van der Waals surface area contributed by atoms with E-state index in [1.165, 1.54) is 11.8 Å². The van der Waals surface area contributed by atoms with Crippen LogP contribution in [0.2, 0.25) is 5.02 Å². The fraction of sp³-hybridized carbons (Fsp3) is 0.0909. The van der Waals surface area contributed by atoms with Gasteiger partial charge in [0.05, 0.1) is 11.6 Å². The molecular weight excluding hydrogens is 244 g/mol. The Morgan fingerprint density at radius 2 is 1.75 bits per heavy atom. The van der Waals surface area contributed by atoms with Gasteiger partial charge in [-0.05, 0) is 23.8 Å². The third-order valence-corrected chi connectivity index (χ3v) is 3.01. The van der Waals surface area contributed by atoms with Crippen molar-refractivity contribution in [3.8, 4) is 0 Å². The van der Waals surface area contributed by atoms with E-state index in [0.717, 1.165) is 15.6 Å². The molecule has 3 nitrogen and oxygen atoms in total. The molecule has 0 amide bonds. The fourth-order valence-corrected chi connectivity index (χ4v) is 1.90. The van der Waals surface area contributed by atoms with Gasteiger partial charge in [-0.15, -0.1) is 0 Å². The summed E-state index contributed by atoms with van der Waals surface area (Å²) in [4.78, 5) is 8.35. The van der Waals surface area contributed by atoms with Gasteiger partial charge in [0.2, 0.25) is 0 Å². The molecule has 0 saturated carbocycles. The molecule has 0 aliphatic heterocycles. The number of halogens is 1. The van der Waals surface area contributed by atoms with Crippen LogP contribution in [0.15, 0.2) is 46.7 Å². The van der Waals surface area contributed by atoms with Crippen molar-refractivity contribution in [1.29, 1.82) is 0 Å². The molecule has 0 aliphatic carbocycles. The second-order valence-electron chi connectivity index (χ2n) is 3.08. The number of hydrogen-bond donors (Lipinski definition) is 1. The maximum atomic E-state index is 8.87. The molecule has 0 aromatic carbocycles. The molecule has 0 radical (unpaired) electrons. The average molecular weight is 253 g/mol. The minimum Gasteiger partial charge on any atom is -0.392 e. The number of aliphatic hydroxyl groups is 1. The lowest BCUT2D eigenvalue weighted by atomic mass is 10.3. The SMILES string of the molecule is OCc1ccc(Sc2ccc(Cl)cn2)nc1. The number of pyridine rings is 2. The van der Waals surface area contributed by atoms with Crippen LogP contribution in [-0.4, -0.2) is 15.1 Å². The van der Waals surface area contributed by atoms with Crippen LogP contribution in [0.1, 0.15) is 5.56 Å². The molecule has 2 heterocycles. The van der Waals surface area contributed by atoms with Crippen LogP contribution in [0.25, 0.3) is 0 Å². The molecule has 0 saturated heterocycles. The Hall–Kier alpha value is -1.10. The Morgan fingerprint density at radius 3 is 2.25 bits per heavy atom. The molecule has 0 bridgehead atoms. The summed E-state index contributed by atoms with van der Waals surface area (Å²) in [7, 11) is 0. The summed E-state index contributed by atoms with van der Waals surface area (Å²) in [6.07, 6.45) is 3.25. The third kappa shape index (κ3) is 2.95. The average Bonchev–Trinajstić information content (AvgIpc) is 2.33. The van der Waals surface area contributed by atoms with Crippen molar-refractivity contribution in [2.75, 3.05) is 0 Å². The highest BCUT2D eigenvalue weighted by Gasteiger charge is 2.00. The highest BCUT2D eigenvalue weighted by atomic mass is 35.5. The molecule has 0 spiro atoms. The number of rotatable bonds is 3. The van der Waals surface area contributed by atoms with Crippen molar-refractivity contribution >= 4 is 23.4 Å². The Kier molecular flexibility index (Phi) is 3.77. The summed E-state index contributed by atoms with van der Waals surface area (Å²) in [5, 5.41) is 11.2. The minimum absolute atomic E-state index is 0.0111. The number of nitrogens with zero attached hydrogens (tertiary/aromatic N) is 2. The van der Waals surface area contributed by atoms with Gasteiger partial charge in [-0.1, -0.05) is 29.4 Å². The normalized spacial score (nSPS) is 10.4. The van der Waals surface area contributed by atoms with Crippen LogP contribution in [0.5, 0.6) is 0 Å². The summed E-state index contributed by atoms with van der Waals surface area (Å²) >= 11 is 7.19. The zero-order chi connectivity index (χ0) is 11.4. The maximum Gasteiger partial charge on any atom is 0.102 e. The molecule has 2 aromatic heterocycles. The molecule has 0 atom stereocenters. The fourth-order valence-electron chi connectivity index (χ4n) is 1.09.